The molecule has 3 nitrogen and oxygen atoms in total. The normalized spacial score (nSPS) is 10.2. The minimum absolute atomic E-state index is 0.0305. The van der Waals surface area contributed by atoms with Crippen LogP contribution >= 0.6 is 11.6 Å². The van der Waals surface area contributed by atoms with Gasteiger partial charge in [-0.3, -0.25) is 4.79 Å². The molecular formula is C17H18ClNO2. The standard InChI is InChI=1S/C17H18ClNO2/c1-2-21-16-6-4-3-5-15(16)19-17(20)12-9-13-7-10-14(18)11-8-13/h3-8,10-11H,2,9,12H2,1H3,(H,19,20). The number of nitrogens with one attached hydrogen (secondary N) is 1. The molecule has 110 valence electrons. The largest absolute Gasteiger partial charge is 0.492 e. The van der Waals surface area contributed by atoms with Crippen LogP contribution in [0, 0.1) is 0 Å². The van der Waals surface area contributed by atoms with Gasteiger partial charge in [-0.2, -0.15) is 0 Å². The number of rotatable bonds is 6. The Hall–Kier alpha value is -2.00. The van der Waals surface area contributed by atoms with Crippen molar-refractivity contribution in [3.8, 4) is 5.75 Å². The predicted octanol–water partition coefficient (Wildman–Crippen LogP) is 4.31. The number of carbonyl (C=O) groups excluding carboxylic acids is 1. The number of hydrogen-bond acceptors (Lipinski definition) is 2. The van der Waals surface area contributed by atoms with E-state index in [9.17, 15) is 4.79 Å². The molecule has 0 aromatic heterocycles. The Morgan fingerprint density at radius 2 is 1.86 bits per heavy atom. The van der Waals surface area contributed by atoms with Crippen molar-refractivity contribution in [1.29, 1.82) is 0 Å². The van der Waals surface area contributed by atoms with Crippen molar-refractivity contribution in [2.45, 2.75) is 19.8 Å². The molecule has 1 N–H and O–H groups in total. The first-order chi connectivity index (χ1) is 10.2. The maximum Gasteiger partial charge on any atom is 0.224 e. The summed E-state index contributed by atoms with van der Waals surface area (Å²) in [7, 11) is 0. The Kier molecular flexibility index (Phi) is 5.64. The van der Waals surface area contributed by atoms with Crippen LogP contribution in [0.3, 0.4) is 0 Å². The second kappa shape index (κ2) is 7.70. The summed E-state index contributed by atoms with van der Waals surface area (Å²) in [6.07, 6.45) is 1.10. The van der Waals surface area contributed by atoms with Crippen LogP contribution in [0.1, 0.15) is 18.9 Å². The molecule has 0 fully saturated rings. The summed E-state index contributed by atoms with van der Waals surface area (Å²) in [5.74, 6) is 0.664. The molecule has 0 saturated carbocycles. The Balaban J connectivity index is 1.91. The van der Waals surface area contributed by atoms with Crippen LogP contribution in [0.5, 0.6) is 5.75 Å². The van der Waals surface area contributed by atoms with Crippen LogP contribution < -0.4 is 10.1 Å². The molecule has 0 bridgehead atoms. The molecule has 0 aliphatic rings. The summed E-state index contributed by atoms with van der Waals surface area (Å²) in [5, 5.41) is 3.59. The summed E-state index contributed by atoms with van der Waals surface area (Å²) >= 11 is 5.84. The number of carbonyl (C=O) groups is 1. The molecular weight excluding hydrogens is 286 g/mol. The van der Waals surface area contributed by atoms with E-state index in [0.29, 0.717) is 35.9 Å². The third-order valence-electron chi connectivity index (χ3n) is 3.01. The lowest BCUT2D eigenvalue weighted by Crippen LogP contribution is -2.13. The highest BCUT2D eigenvalue weighted by atomic mass is 35.5. The third-order valence-corrected chi connectivity index (χ3v) is 3.27. The SMILES string of the molecule is CCOc1ccccc1NC(=O)CCc1ccc(Cl)cc1. The van der Waals surface area contributed by atoms with E-state index in [1.165, 1.54) is 0 Å². The van der Waals surface area contributed by atoms with E-state index >= 15 is 0 Å². The molecule has 0 unspecified atom stereocenters. The van der Waals surface area contributed by atoms with Crippen molar-refractivity contribution in [1.82, 2.24) is 0 Å². The summed E-state index contributed by atoms with van der Waals surface area (Å²) in [4.78, 5) is 12.0. The van der Waals surface area contributed by atoms with Crippen molar-refractivity contribution in [3.63, 3.8) is 0 Å². The highest BCUT2D eigenvalue weighted by molar-refractivity contribution is 6.30. The fraction of sp³-hybridized carbons (Fsp3) is 0.235. The van der Waals surface area contributed by atoms with Gasteiger partial charge in [-0.1, -0.05) is 35.9 Å². The van der Waals surface area contributed by atoms with E-state index in [0.717, 1.165) is 5.56 Å². The number of ether oxygens (including phenoxy) is 1. The number of para-hydroxylation sites is 2. The Morgan fingerprint density at radius 1 is 1.14 bits per heavy atom. The summed E-state index contributed by atoms with van der Waals surface area (Å²) < 4.78 is 5.48. The molecule has 0 heterocycles. The van der Waals surface area contributed by atoms with Crippen LogP contribution in [0.15, 0.2) is 48.5 Å². The molecule has 1 amide bonds. The van der Waals surface area contributed by atoms with Crippen molar-refractivity contribution < 1.29 is 9.53 Å². The van der Waals surface area contributed by atoms with Crippen molar-refractivity contribution >= 4 is 23.2 Å². The summed E-state index contributed by atoms with van der Waals surface area (Å²) in [5.41, 5.74) is 1.80. The van der Waals surface area contributed by atoms with Gasteiger partial charge in [-0.25, -0.2) is 0 Å². The number of amides is 1. The minimum atomic E-state index is -0.0305. The number of aryl methyl sites for hydroxylation is 1. The van der Waals surface area contributed by atoms with Gasteiger partial charge in [0.1, 0.15) is 5.75 Å². The average molecular weight is 304 g/mol. The van der Waals surface area contributed by atoms with Gasteiger partial charge in [0.25, 0.3) is 0 Å². The van der Waals surface area contributed by atoms with Gasteiger partial charge in [0.05, 0.1) is 12.3 Å². The predicted molar refractivity (Wildman–Crippen MR) is 86.0 cm³/mol. The monoisotopic (exact) mass is 303 g/mol. The quantitative estimate of drug-likeness (QED) is 0.863. The van der Waals surface area contributed by atoms with Crippen LogP contribution in [-0.2, 0) is 11.2 Å². The molecule has 21 heavy (non-hydrogen) atoms. The second-order valence-electron chi connectivity index (χ2n) is 4.60. The van der Waals surface area contributed by atoms with E-state index in [-0.39, 0.29) is 5.91 Å². The fourth-order valence-electron chi connectivity index (χ4n) is 1.97. The zero-order valence-corrected chi connectivity index (χ0v) is 12.7. The van der Waals surface area contributed by atoms with Gasteiger partial charge >= 0.3 is 0 Å². The first-order valence-electron chi connectivity index (χ1n) is 6.95. The molecule has 0 radical (unpaired) electrons. The van der Waals surface area contributed by atoms with Crippen molar-refractivity contribution in [2.24, 2.45) is 0 Å². The zero-order valence-electron chi connectivity index (χ0n) is 11.9. The Labute approximate surface area is 129 Å². The molecule has 2 aromatic carbocycles. The van der Waals surface area contributed by atoms with Gasteiger partial charge < -0.3 is 10.1 Å². The number of hydrogen-bond donors (Lipinski definition) is 1. The average Bonchev–Trinajstić information content (AvgIpc) is 2.49. The van der Waals surface area contributed by atoms with Gasteiger partial charge in [0.2, 0.25) is 5.91 Å². The van der Waals surface area contributed by atoms with Crippen LogP contribution in [0.4, 0.5) is 5.69 Å². The molecule has 0 spiro atoms. The maximum atomic E-state index is 12.0. The maximum absolute atomic E-state index is 12.0. The lowest BCUT2D eigenvalue weighted by atomic mass is 10.1. The lowest BCUT2D eigenvalue weighted by molar-refractivity contribution is -0.116. The zero-order chi connectivity index (χ0) is 15.1. The van der Waals surface area contributed by atoms with E-state index < -0.39 is 0 Å². The van der Waals surface area contributed by atoms with Gasteiger partial charge in [0.15, 0.2) is 0 Å². The first kappa shape index (κ1) is 15.4. The molecule has 0 aliphatic carbocycles. The second-order valence-corrected chi connectivity index (χ2v) is 5.04. The molecule has 0 atom stereocenters. The number of anilines is 1. The summed E-state index contributed by atoms with van der Waals surface area (Å²) in [6, 6.07) is 15.0. The smallest absolute Gasteiger partial charge is 0.224 e. The summed E-state index contributed by atoms with van der Waals surface area (Å²) in [6.45, 7) is 2.48. The highest BCUT2D eigenvalue weighted by Gasteiger charge is 2.07. The van der Waals surface area contributed by atoms with E-state index in [2.05, 4.69) is 5.32 Å². The van der Waals surface area contributed by atoms with E-state index in [1.54, 1.807) is 0 Å². The van der Waals surface area contributed by atoms with Crippen molar-refractivity contribution in [3.05, 3.63) is 59.1 Å². The van der Waals surface area contributed by atoms with Crippen LogP contribution in [0.25, 0.3) is 0 Å². The molecule has 2 rings (SSSR count). The Bertz CT molecular complexity index is 596. The molecule has 0 saturated heterocycles. The molecule has 2 aromatic rings. The van der Waals surface area contributed by atoms with Crippen LogP contribution in [-0.4, -0.2) is 12.5 Å². The number of benzene rings is 2. The van der Waals surface area contributed by atoms with Crippen molar-refractivity contribution in [2.75, 3.05) is 11.9 Å². The van der Waals surface area contributed by atoms with Crippen LogP contribution in [0.2, 0.25) is 5.02 Å². The lowest BCUT2D eigenvalue weighted by Gasteiger charge is -2.11. The topological polar surface area (TPSA) is 38.3 Å². The van der Waals surface area contributed by atoms with E-state index in [4.69, 9.17) is 16.3 Å². The third kappa shape index (κ3) is 4.80. The fourth-order valence-corrected chi connectivity index (χ4v) is 2.10. The molecule has 0 aliphatic heterocycles. The van der Waals surface area contributed by atoms with Gasteiger partial charge in [-0.05, 0) is 43.2 Å². The van der Waals surface area contributed by atoms with Gasteiger partial charge in [-0.15, -0.1) is 0 Å². The number of halogens is 1. The van der Waals surface area contributed by atoms with Gasteiger partial charge in [0, 0.05) is 11.4 Å². The Morgan fingerprint density at radius 3 is 2.57 bits per heavy atom. The van der Waals surface area contributed by atoms with E-state index in [1.807, 2.05) is 55.5 Å². The minimum Gasteiger partial charge on any atom is -0.492 e. The first-order valence-corrected chi connectivity index (χ1v) is 7.33. The highest BCUT2D eigenvalue weighted by Crippen LogP contribution is 2.23. The molecule has 4 heteroatoms.